The second-order valence-electron chi connectivity index (χ2n) is 13.7. The molecule has 0 radical (unpaired) electrons. The van der Waals surface area contributed by atoms with Crippen molar-refractivity contribution in [3.8, 4) is 11.3 Å². The number of hydrogen-bond acceptors (Lipinski definition) is 3. The van der Waals surface area contributed by atoms with Gasteiger partial charge in [-0.3, -0.25) is 0 Å². The summed E-state index contributed by atoms with van der Waals surface area (Å²) in [6.45, 7) is 0. The third-order valence-electron chi connectivity index (χ3n) is 10.6. The normalized spacial score (nSPS) is 12.1. The first kappa shape index (κ1) is 34.3. The minimum absolute atomic E-state index is 0.924. The van der Waals surface area contributed by atoms with Crippen molar-refractivity contribution in [1.82, 2.24) is 14.4 Å². The molecule has 0 saturated heterocycles. The standard InChI is InChI=1S/C48H33N3P2SSe/c54-52(35-15-5-1-6-16-35,36-17-7-2-8-18-36)39-26-30-45-47(32-39)51-46-31-34(25-28-42(46)41-23-13-14-24-43(41)48(51)50-45)44-29-27-40(33-49-44)53(55,37-19-9-3-10-20-37)38-21-11-4-12-22-38/h1-33H. The Balaban J connectivity index is 1.18. The summed E-state index contributed by atoms with van der Waals surface area (Å²) in [5.74, 6) is 0. The zero-order valence-electron chi connectivity index (χ0n) is 29.6. The maximum atomic E-state index is 6.79. The van der Waals surface area contributed by atoms with Gasteiger partial charge in [-0.25, -0.2) is 0 Å². The van der Waals surface area contributed by atoms with E-state index in [0.717, 1.165) is 44.1 Å². The van der Waals surface area contributed by atoms with Crippen molar-refractivity contribution in [2.75, 3.05) is 0 Å². The Bertz CT molecular complexity index is 3050. The molecular formula is C48H33N3P2SSe. The predicted octanol–water partition coefficient (Wildman–Crippen LogP) is 8.99. The molecule has 0 bridgehead atoms. The van der Waals surface area contributed by atoms with E-state index in [1.165, 1.54) is 37.3 Å². The first-order chi connectivity index (χ1) is 27.0. The average molecular weight is 825 g/mol. The number of imidazole rings is 1. The Morgan fingerprint density at radius 2 is 1.00 bits per heavy atom. The van der Waals surface area contributed by atoms with Crippen molar-refractivity contribution in [3.05, 3.63) is 200 Å². The Kier molecular flexibility index (Phi) is 8.60. The third kappa shape index (κ3) is 5.62. The SMILES string of the molecule is S=P(c1ccccc1)(c1ccccc1)c1ccc2nc3c4ccccc4c4ccc(-c5ccc(P(=[Se])(c6ccccc6)c6ccccc6)cn5)cc4n3c2c1. The van der Waals surface area contributed by atoms with Crippen molar-refractivity contribution in [1.29, 1.82) is 0 Å². The van der Waals surface area contributed by atoms with Crippen molar-refractivity contribution in [2.24, 2.45) is 0 Å². The molecule has 0 unspecified atom stereocenters. The summed E-state index contributed by atoms with van der Waals surface area (Å²) in [5, 5.41) is 10.7. The Hall–Kier alpha value is -5.24. The van der Waals surface area contributed by atoms with Gasteiger partial charge < -0.3 is 0 Å². The van der Waals surface area contributed by atoms with Gasteiger partial charge in [0.05, 0.1) is 0 Å². The Morgan fingerprint density at radius 1 is 0.455 bits per heavy atom. The van der Waals surface area contributed by atoms with Gasteiger partial charge in [0.2, 0.25) is 0 Å². The predicted molar refractivity (Wildman–Crippen MR) is 241 cm³/mol. The van der Waals surface area contributed by atoms with E-state index < -0.39 is 11.5 Å². The van der Waals surface area contributed by atoms with Gasteiger partial charge in [0.15, 0.2) is 0 Å². The van der Waals surface area contributed by atoms with Crippen molar-refractivity contribution < 1.29 is 0 Å². The summed E-state index contributed by atoms with van der Waals surface area (Å²) in [6.07, 6.45) is 2.07. The molecule has 0 amide bonds. The fourth-order valence-electron chi connectivity index (χ4n) is 7.89. The number of pyridine rings is 2. The summed E-state index contributed by atoms with van der Waals surface area (Å²) in [5.41, 5.74) is 3.96. The zero-order valence-corrected chi connectivity index (χ0v) is 33.9. The van der Waals surface area contributed by atoms with Crippen LogP contribution in [-0.4, -0.2) is 29.5 Å². The van der Waals surface area contributed by atoms with Crippen LogP contribution in [0.3, 0.4) is 0 Å². The van der Waals surface area contributed by atoms with Crippen molar-refractivity contribution in [3.63, 3.8) is 0 Å². The van der Waals surface area contributed by atoms with Crippen LogP contribution in [0.25, 0.3) is 49.6 Å². The summed E-state index contributed by atoms with van der Waals surface area (Å²) in [7, 11) is 0. The molecule has 3 heterocycles. The van der Waals surface area contributed by atoms with Crippen LogP contribution in [0, 0.1) is 0 Å². The van der Waals surface area contributed by atoms with Crippen LogP contribution in [-0.2, 0) is 11.8 Å². The average Bonchev–Trinajstić information content (AvgIpc) is 3.67. The van der Waals surface area contributed by atoms with Gasteiger partial charge >= 0.3 is 233 Å². The topological polar surface area (TPSA) is 30.2 Å². The molecule has 0 N–H and O–H groups in total. The van der Waals surface area contributed by atoms with Crippen LogP contribution in [0.2, 0.25) is 0 Å². The molecule has 262 valence electrons. The van der Waals surface area contributed by atoms with Gasteiger partial charge in [0.25, 0.3) is 0 Å². The number of benzene rings is 7. The quantitative estimate of drug-likeness (QED) is 0.0914. The first-order valence-corrected chi connectivity index (χ1v) is 25.0. The molecule has 0 aliphatic rings. The first-order valence-electron chi connectivity index (χ1n) is 18.2. The number of aromatic nitrogens is 3. The van der Waals surface area contributed by atoms with E-state index in [4.69, 9.17) is 21.8 Å². The fraction of sp³-hybridized carbons (Fsp3) is 0. The number of rotatable bonds is 7. The molecule has 7 heteroatoms. The van der Waals surface area contributed by atoms with Crippen LogP contribution < -0.4 is 31.8 Å². The molecule has 0 aliphatic carbocycles. The van der Waals surface area contributed by atoms with Gasteiger partial charge in [-0.15, -0.1) is 0 Å². The van der Waals surface area contributed by atoms with Crippen LogP contribution in [0.4, 0.5) is 0 Å². The molecule has 0 fully saturated rings. The monoisotopic (exact) mass is 825 g/mol. The molecule has 0 spiro atoms. The Labute approximate surface area is 332 Å². The van der Waals surface area contributed by atoms with E-state index >= 15 is 0 Å². The zero-order chi connectivity index (χ0) is 37.0. The van der Waals surface area contributed by atoms with E-state index in [-0.39, 0.29) is 0 Å². The second-order valence-corrected chi connectivity index (χ2v) is 24.3. The van der Waals surface area contributed by atoms with Crippen LogP contribution >= 0.6 is 11.5 Å². The summed E-state index contributed by atoms with van der Waals surface area (Å²) in [4.78, 5) is 10.4. The second kappa shape index (κ2) is 13.8. The number of fused-ring (bicyclic) bond motifs is 8. The van der Waals surface area contributed by atoms with E-state index in [0.29, 0.717) is 0 Å². The molecule has 3 aromatic heterocycles. The molecule has 3 nitrogen and oxygen atoms in total. The van der Waals surface area contributed by atoms with Crippen LogP contribution in [0.5, 0.6) is 0 Å². The number of hydrogen-bond donors (Lipinski definition) is 0. The molecular weight excluding hydrogens is 792 g/mol. The molecule has 0 aliphatic heterocycles. The van der Waals surface area contributed by atoms with E-state index in [1.807, 2.05) is 0 Å². The van der Waals surface area contributed by atoms with E-state index in [2.05, 4.69) is 220 Å². The third-order valence-corrected chi connectivity index (χ3v) is 22.6. The van der Waals surface area contributed by atoms with E-state index in [9.17, 15) is 0 Å². The molecule has 55 heavy (non-hydrogen) atoms. The Morgan fingerprint density at radius 3 is 1.58 bits per heavy atom. The molecule has 10 rings (SSSR count). The van der Waals surface area contributed by atoms with Gasteiger partial charge in [0.1, 0.15) is 0 Å². The van der Waals surface area contributed by atoms with Gasteiger partial charge in [0, 0.05) is 6.04 Å². The fourth-order valence-corrected chi connectivity index (χ4v) is 16.4. The maximum absolute atomic E-state index is 6.79. The minimum atomic E-state index is -2.38. The van der Waals surface area contributed by atoms with E-state index in [1.54, 1.807) is 0 Å². The van der Waals surface area contributed by atoms with Gasteiger partial charge in [-0.2, -0.15) is 0 Å². The summed E-state index contributed by atoms with van der Waals surface area (Å²) in [6, 6.07) is 66.8. The van der Waals surface area contributed by atoms with Crippen molar-refractivity contribution >= 4 is 109 Å². The van der Waals surface area contributed by atoms with Crippen LogP contribution in [0.1, 0.15) is 0 Å². The molecule has 0 saturated carbocycles. The molecule has 0 atom stereocenters. The van der Waals surface area contributed by atoms with Gasteiger partial charge in [-0.05, 0) is 10.6 Å². The summed E-state index contributed by atoms with van der Waals surface area (Å²) < 4.78 is 2.34. The van der Waals surface area contributed by atoms with Gasteiger partial charge in [-0.1, -0.05) is 84.6 Å². The molecule has 10 aromatic rings. The summed E-state index contributed by atoms with van der Waals surface area (Å²) >= 11 is 10.5. The molecule has 7 aromatic carbocycles. The van der Waals surface area contributed by atoms with Crippen molar-refractivity contribution in [2.45, 2.75) is 0 Å². The number of nitrogens with zero attached hydrogens (tertiary/aromatic N) is 3. The van der Waals surface area contributed by atoms with Crippen LogP contribution in [0.15, 0.2) is 200 Å².